The maximum absolute atomic E-state index is 14.9. The van der Waals surface area contributed by atoms with Crippen molar-refractivity contribution in [3.63, 3.8) is 0 Å². The van der Waals surface area contributed by atoms with Gasteiger partial charge in [-0.1, -0.05) is 36.4 Å². The fraction of sp³-hybridized carbons (Fsp3) is 0.200. The van der Waals surface area contributed by atoms with E-state index in [1.54, 1.807) is 36.4 Å². The lowest BCUT2D eigenvalue weighted by Crippen LogP contribution is -2.30. The molecule has 0 radical (unpaired) electrons. The number of benzene rings is 3. The number of rotatable bonds is 7. The minimum absolute atomic E-state index is 0.175. The Balaban J connectivity index is 1.73. The molecule has 5 nitrogen and oxygen atoms in total. The van der Waals surface area contributed by atoms with Crippen molar-refractivity contribution in [3.05, 3.63) is 89.2 Å². The SMILES string of the molecule is COC(C(=O)NCc1ccc(C#N)cc1)c1ccc(-c2ccc(N(C)C)cc2)cc1F. The van der Waals surface area contributed by atoms with E-state index in [0.29, 0.717) is 5.56 Å². The summed E-state index contributed by atoms with van der Waals surface area (Å²) in [7, 11) is 5.29. The number of hydrogen-bond acceptors (Lipinski definition) is 4. The molecule has 1 unspecified atom stereocenters. The molecule has 0 aromatic heterocycles. The summed E-state index contributed by atoms with van der Waals surface area (Å²) >= 11 is 0. The predicted octanol–water partition coefficient (Wildman–Crippen LogP) is 4.43. The van der Waals surface area contributed by atoms with Crippen LogP contribution in [0.2, 0.25) is 0 Å². The number of nitrogens with one attached hydrogen (secondary N) is 1. The highest BCUT2D eigenvalue weighted by molar-refractivity contribution is 5.82. The lowest BCUT2D eigenvalue weighted by Gasteiger charge is -2.17. The molecule has 3 aromatic carbocycles. The van der Waals surface area contributed by atoms with Crippen LogP contribution in [0.15, 0.2) is 66.7 Å². The average molecular weight is 417 g/mol. The summed E-state index contributed by atoms with van der Waals surface area (Å²) in [5, 5.41) is 11.6. The maximum atomic E-state index is 14.9. The second-order valence-corrected chi connectivity index (χ2v) is 7.32. The molecule has 6 heteroatoms. The van der Waals surface area contributed by atoms with Crippen molar-refractivity contribution in [2.24, 2.45) is 0 Å². The third kappa shape index (κ3) is 5.27. The summed E-state index contributed by atoms with van der Waals surface area (Å²) in [5.74, 6) is -0.941. The largest absolute Gasteiger partial charge is 0.378 e. The van der Waals surface area contributed by atoms with Crippen molar-refractivity contribution in [2.75, 3.05) is 26.1 Å². The van der Waals surface area contributed by atoms with Crippen LogP contribution in [0.5, 0.6) is 0 Å². The number of hydrogen-bond donors (Lipinski definition) is 1. The van der Waals surface area contributed by atoms with Crippen LogP contribution < -0.4 is 10.2 Å². The number of methoxy groups -OCH3 is 1. The van der Waals surface area contributed by atoms with E-state index in [-0.39, 0.29) is 12.1 Å². The molecule has 0 saturated carbocycles. The Kier molecular flexibility index (Phi) is 7.01. The van der Waals surface area contributed by atoms with Crippen molar-refractivity contribution in [2.45, 2.75) is 12.6 Å². The first-order valence-corrected chi connectivity index (χ1v) is 9.79. The lowest BCUT2D eigenvalue weighted by molar-refractivity contribution is -0.131. The van der Waals surface area contributed by atoms with Gasteiger partial charge in [-0.15, -0.1) is 0 Å². The minimum Gasteiger partial charge on any atom is -0.378 e. The molecule has 0 bridgehead atoms. The zero-order chi connectivity index (χ0) is 22.4. The number of nitrogens with zero attached hydrogens (tertiary/aromatic N) is 2. The number of nitriles is 1. The maximum Gasteiger partial charge on any atom is 0.254 e. The van der Waals surface area contributed by atoms with Crippen LogP contribution in [-0.2, 0) is 16.1 Å². The first-order chi connectivity index (χ1) is 14.9. The molecule has 3 aromatic rings. The van der Waals surface area contributed by atoms with E-state index in [1.807, 2.05) is 49.3 Å². The van der Waals surface area contributed by atoms with Gasteiger partial charge >= 0.3 is 0 Å². The van der Waals surface area contributed by atoms with Crippen LogP contribution in [0.25, 0.3) is 11.1 Å². The van der Waals surface area contributed by atoms with Crippen LogP contribution in [0.1, 0.15) is 22.8 Å². The Morgan fingerprint density at radius 2 is 1.71 bits per heavy atom. The highest BCUT2D eigenvalue weighted by Gasteiger charge is 2.23. The van der Waals surface area contributed by atoms with E-state index < -0.39 is 17.8 Å². The van der Waals surface area contributed by atoms with Crippen LogP contribution in [-0.4, -0.2) is 27.1 Å². The molecule has 1 N–H and O–H groups in total. The monoisotopic (exact) mass is 417 g/mol. The van der Waals surface area contributed by atoms with Gasteiger partial charge in [0.15, 0.2) is 6.10 Å². The topological polar surface area (TPSA) is 65.4 Å². The Hall–Kier alpha value is -3.69. The Labute approximate surface area is 181 Å². The number of carbonyl (C=O) groups is 1. The summed E-state index contributed by atoms with van der Waals surface area (Å²) in [6, 6.07) is 21.5. The van der Waals surface area contributed by atoms with Crippen LogP contribution in [0.4, 0.5) is 10.1 Å². The lowest BCUT2D eigenvalue weighted by atomic mass is 10.0. The van der Waals surface area contributed by atoms with Crippen molar-refractivity contribution in [3.8, 4) is 17.2 Å². The number of ether oxygens (including phenoxy) is 1. The number of halogens is 1. The molecule has 0 aliphatic heterocycles. The first kappa shape index (κ1) is 22.0. The van der Waals surface area contributed by atoms with Gasteiger partial charge in [-0.2, -0.15) is 5.26 Å². The molecule has 0 fully saturated rings. The molecule has 0 aliphatic rings. The van der Waals surface area contributed by atoms with Gasteiger partial charge in [-0.05, 0) is 47.0 Å². The van der Waals surface area contributed by atoms with E-state index in [0.717, 1.165) is 22.4 Å². The molecule has 0 heterocycles. The molecule has 3 rings (SSSR count). The molecule has 0 saturated heterocycles. The summed E-state index contributed by atoms with van der Waals surface area (Å²) in [6.07, 6.45) is -1.07. The molecule has 0 aliphatic carbocycles. The highest BCUT2D eigenvalue weighted by Crippen LogP contribution is 2.28. The number of amides is 1. The van der Waals surface area contributed by atoms with Gasteiger partial charge in [0.2, 0.25) is 0 Å². The molecule has 0 spiro atoms. The van der Waals surface area contributed by atoms with Gasteiger partial charge in [-0.25, -0.2) is 4.39 Å². The summed E-state index contributed by atoms with van der Waals surface area (Å²) in [5.41, 5.74) is 4.21. The van der Waals surface area contributed by atoms with E-state index in [1.165, 1.54) is 13.2 Å². The summed E-state index contributed by atoms with van der Waals surface area (Å²) in [4.78, 5) is 14.6. The standard InChI is InChI=1S/C25H24FN3O2/c1-29(2)21-11-8-19(9-12-21)20-10-13-22(23(26)14-20)24(31-3)25(30)28-16-18-6-4-17(15-27)5-7-18/h4-14,24H,16H2,1-3H3,(H,28,30). The highest BCUT2D eigenvalue weighted by atomic mass is 19.1. The van der Waals surface area contributed by atoms with Crippen LogP contribution in [0.3, 0.4) is 0 Å². The van der Waals surface area contributed by atoms with E-state index in [2.05, 4.69) is 5.32 Å². The van der Waals surface area contributed by atoms with Crippen molar-refractivity contribution >= 4 is 11.6 Å². The Morgan fingerprint density at radius 1 is 1.06 bits per heavy atom. The molecular formula is C25H24FN3O2. The van der Waals surface area contributed by atoms with Gasteiger partial charge in [0, 0.05) is 39.0 Å². The second kappa shape index (κ2) is 9.88. The number of carbonyl (C=O) groups excluding carboxylic acids is 1. The number of anilines is 1. The first-order valence-electron chi connectivity index (χ1n) is 9.79. The van der Waals surface area contributed by atoms with E-state index in [4.69, 9.17) is 10.00 Å². The van der Waals surface area contributed by atoms with Gasteiger partial charge in [0.25, 0.3) is 5.91 Å². The Morgan fingerprint density at radius 3 is 2.26 bits per heavy atom. The molecule has 158 valence electrons. The van der Waals surface area contributed by atoms with Gasteiger partial charge < -0.3 is 15.0 Å². The van der Waals surface area contributed by atoms with Crippen LogP contribution in [0, 0.1) is 17.1 Å². The van der Waals surface area contributed by atoms with Crippen molar-refractivity contribution in [1.82, 2.24) is 5.32 Å². The molecule has 31 heavy (non-hydrogen) atoms. The fourth-order valence-electron chi connectivity index (χ4n) is 3.23. The van der Waals surface area contributed by atoms with Crippen molar-refractivity contribution in [1.29, 1.82) is 5.26 Å². The summed E-state index contributed by atoms with van der Waals surface area (Å²) in [6.45, 7) is 0.252. The Bertz CT molecular complexity index is 1090. The summed E-state index contributed by atoms with van der Waals surface area (Å²) < 4.78 is 20.2. The molecular weight excluding hydrogens is 393 g/mol. The minimum atomic E-state index is -1.07. The zero-order valence-electron chi connectivity index (χ0n) is 17.7. The van der Waals surface area contributed by atoms with E-state index in [9.17, 15) is 9.18 Å². The second-order valence-electron chi connectivity index (χ2n) is 7.32. The molecule has 1 atom stereocenters. The third-order valence-corrected chi connectivity index (χ3v) is 5.02. The average Bonchev–Trinajstić information content (AvgIpc) is 2.79. The zero-order valence-corrected chi connectivity index (χ0v) is 17.7. The van der Waals surface area contributed by atoms with Crippen LogP contribution >= 0.6 is 0 Å². The van der Waals surface area contributed by atoms with Gasteiger partial charge in [0.1, 0.15) is 5.82 Å². The quantitative estimate of drug-likeness (QED) is 0.618. The molecule has 1 amide bonds. The van der Waals surface area contributed by atoms with E-state index >= 15 is 0 Å². The normalized spacial score (nSPS) is 11.5. The smallest absolute Gasteiger partial charge is 0.254 e. The van der Waals surface area contributed by atoms with Crippen molar-refractivity contribution < 1.29 is 13.9 Å². The van der Waals surface area contributed by atoms with Gasteiger partial charge in [0.05, 0.1) is 11.6 Å². The fourth-order valence-corrected chi connectivity index (χ4v) is 3.23. The van der Waals surface area contributed by atoms with Gasteiger partial charge in [-0.3, -0.25) is 4.79 Å². The third-order valence-electron chi connectivity index (χ3n) is 5.02. The predicted molar refractivity (Wildman–Crippen MR) is 119 cm³/mol.